The number of aryl methyl sites for hydroxylation is 1. The minimum Gasteiger partial charge on any atom is -0.481 e. The van der Waals surface area contributed by atoms with E-state index in [4.69, 9.17) is 5.11 Å². The van der Waals surface area contributed by atoms with Gasteiger partial charge in [0.2, 0.25) is 0 Å². The van der Waals surface area contributed by atoms with Crippen LogP contribution in [0.1, 0.15) is 43.4 Å². The first-order valence-corrected chi connectivity index (χ1v) is 7.40. The lowest BCUT2D eigenvalue weighted by atomic mass is 9.88. The summed E-state index contributed by atoms with van der Waals surface area (Å²) >= 11 is 0. The lowest BCUT2D eigenvalue weighted by Crippen LogP contribution is -2.41. The number of benzene rings is 1. The Morgan fingerprint density at radius 1 is 1.38 bits per heavy atom. The van der Waals surface area contributed by atoms with Gasteiger partial charge in [-0.25, -0.2) is 4.79 Å². The minimum absolute atomic E-state index is 0.0460. The number of rotatable bonds is 5. The molecule has 3 N–H and O–H groups in total. The molecular formula is C16H22N2O3. The van der Waals surface area contributed by atoms with E-state index in [1.807, 2.05) is 19.1 Å². The van der Waals surface area contributed by atoms with Gasteiger partial charge in [0.25, 0.3) is 0 Å². The van der Waals surface area contributed by atoms with Crippen molar-refractivity contribution >= 4 is 12.0 Å². The van der Waals surface area contributed by atoms with Crippen LogP contribution in [-0.4, -0.2) is 23.7 Å². The van der Waals surface area contributed by atoms with Crippen LogP contribution in [0.15, 0.2) is 24.3 Å². The maximum absolute atomic E-state index is 11.9. The molecule has 0 fully saturated rings. The van der Waals surface area contributed by atoms with E-state index in [9.17, 15) is 9.59 Å². The van der Waals surface area contributed by atoms with Crippen molar-refractivity contribution in [2.24, 2.45) is 5.92 Å². The van der Waals surface area contributed by atoms with Gasteiger partial charge in [-0.05, 0) is 36.3 Å². The van der Waals surface area contributed by atoms with Gasteiger partial charge in [-0.2, -0.15) is 0 Å². The number of fused-ring (bicyclic) bond motifs is 1. The number of carboxylic acid groups (broad SMARTS) is 1. The fourth-order valence-corrected chi connectivity index (χ4v) is 2.75. The average molecular weight is 290 g/mol. The smallest absolute Gasteiger partial charge is 0.315 e. The van der Waals surface area contributed by atoms with Gasteiger partial charge in [-0.15, -0.1) is 0 Å². The molecule has 0 spiro atoms. The number of carbonyl (C=O) groups is 2. The highest BCUT2D eigenvalue weighted by Gasteiger charge is 2.21. The van der Waals surface area contributed by atoms with Crippen LogP contribution in [0, 0.1) is 5.92 Å². The van der Waals surface area contributed by atoms with Crippen molar-refractivity contribution in [1.29, 1.82) is 0 Å². The van der Waals surface area contributed by atoms with E-state index in [1.165, 1.54) is 11.1 Å². The first-order chi connectivity index (χ1) is 10.1. The van der Waals surface area contributed by atoms with E-state index < -0.39 is 5.97 Å². The van der Waals surface area contributed by atoms with Gasteiger partial charge >= 0.3 is 12.0 Å². The molecule has 0 aromatic heterocycles. The molecule has 114 valence electrons. The van der Waals surface area contributed by atoms with E-state index in [0.717, 1.165) is 19.3 Å². The molecule has 2 amide bonds. The van der Waals surface area contributed by atoms with Crippen molar-refractivity contribution in [3.05, 3.63) is 35.4 Å². The predicted octanol–water partition coefficient (Wildman–Crippen LogP) is 2.47. The summed E-state index contributed by atoms with van der Waals surface area (Å²) in [5.74, 6) is -0.919. The molecule has 0 radical (unpaired) electrons. The Kier molecular flexibility index (Phi) is 5.20. The van der Waals surface area contributed by atoms with Gasteiger partial charge in [0.15, 0.2) is 0 Å². The molecule has 0 bridgehead atoms. The average Bonchev–Trinajstić information content (AvgIpc) is 2.45. The highest BCUT2D eigenvalue weighted by molar-refractivity contribution is 5.74. The monoisotopic (exact) mass is 290 g/mol. The van der Waals surface area contributed by atoms with E-state index in [2.05, 4.69) is 22.8 Å². The second-order valence-electron chi connectivity index (χ2n) is 5.70. The van der Waals surface area contributed by atoms with Gasteiger partial charge in [0.1, 0.15) is 0 Å². The molecule has 5 nitrogen and oxygen atoms in total. The molecule has 0 saturated carbocycles. The van der Waals surface area contributed by atoms with Gasteiger partial charge in [-0.1, -0.05) is 31.2 Å². The Hall–Kier alpha value is -2.04. The highest BCUT2D eigenvalue weighted by atomic mass is 16.4. The Labute approximate surface area is 124 Å². The third-order valence-electron chi connectivity index (χ3n) is 3.81. The SMILES string of the molecule is CC(CNC(=O)NC1CCCc2ccccc21)CC(=O)O. The Balaban J connectivity index is 1.85. The van der Waals surface area contributed by atoms with Gasteiger partial charge in [0.05, 0.1) is 6.04 Å². The topological polar surface area (TPSA) is 78.4 Å². The summed E-state index contributed by atoms with van der Waals surface area (Å²) in [4.78, 5) is 22.5. The molecule has 2 rings (SSSR count). The van der Waals surface area contributed by atoms with Crippen LogP contribution in [0.5, 0.6) is 0 Å². The number of carbonyl (C=O) groups excluding carboxylic acids is 1. The molecule has 2 atom stereocenters. The summed E-state index contributed by atoms with van der Waals surface area (Å²) in [7, 11) is 0. The van der Waals surface area contributed by atoms with Crippen molar-refractivity contribution in [2.45, 2.75) is 38.6 Å². The fourth-order valence-electron chi connectivity index (χ4n) is 2.75. The Morgan fingerprint density at radius 3 is 2.90 bits per heavy atom. The van der Waals surface area contributed by atoms with Crippen molar-refractivity contribution in [3.8, 4) is 0 Å². The van der Waals surface area contributed by atoms with Crippen molar-refractivity contribution in [1.82, 2.24) is 10.6 Å². The molecule has 1 aromatic carbocycles. The predicted molar refractivity (Wildman–Crippen MR) is 80.1 cm³/mol. The molecule has 0 saturated heterocycles. The second-order valence-corrected chi connectivity index (χ2v) is 5.70. The number of nitrogens with one attached hydrogen (secondary N) is 2. The largest absolute Gasteiger partial charge is 0.481 e. The molecule has 21 heavy (non-hydrogen) atoms. The molecule has 1 aliphatic rings. The third-order valence-corrected chi connectivity index (χ3v) is 3.81. The number of amides is 2. The van der Waals surface area contributed by atoms with E-state index >= 15 is 0 Å². The van der Waals surface area contributed by atoms with Crippen molar-refractivity contribution in [2.75, 3.05) is 6.54 Å². The zero-order valence-corrected chi connectivity index (χ0v) is 12.3. The quantitative estimate of drug-likeness (QED) is 0.779. The number of urea groups is 1. The minimum atomic E-state index is -0.842. The maximum atomic E-state index is 11.9. The molecule has 0 aliphatic heterocycles. The fraction of sp³-hybridized carbons (Fsp3) is 0.500. The van der Waals surface area contributed by atoms with Gasteiger partial charge < -0.3 is 15.7 Å². The maximum Gasteiger partial charge on any atom is 0.315 e. The van der Waals surface area contributed by atoms with Crippen molar-refractivity contribution < 1.29 is 14.7 Å². The number of hydrogen-bond acceptors (Lipinski definition) is 2. The van der Waals surface area contributed by atoms with Crippen LogP contribution in [0.3, 0.4) is 0 Å². The van der Waals surface area contributed by atoms with Crippen LogP contribution >= 0.6 is 0 Å². The lowest BCUT2D eigenvalue weighted by Gasteiger charge is -2.26. The normalized spacial score (nSPS) is 18.4. The van der Waals surface area contributed by atoms with Gasteiger partial charge in [0, 0.05) is 13.0 Å². The van der Waals surface area contributed by atoms with Crippen LogP contribution in [0.25, 0.3) is 0 Å². The zero-order chi connectivity index (χ0) is 15.2. The number of aliphatic carboxylic acids is 1. The summed E-state index contributed by atoms with van der Waals surface area (Å²) in [5, 5.41) is 14.4. The molecule has 2 unspecified atom stereocenters. The van der Waals surface area contributed by atoms with E-state index in [0.29, 0.717) is 6.54 Å². The van der Waals surface area contributed by atoms with Crippen LogP contribution in [0.4, 0.5) is 4.79 Å². The summed E-state index contributed by atoms with van der Waals surface area (Å²) in [5.41, 5.74) is 2.49. The second kappa shape index (κ2) is 7.11. The molecular weight excluding hydrogens is 268 g/mol. The van der Waals surface area contributed by atoms with Crippen LogP contribution in [-0.2, 0) is 11.2 Å². The summed E-state index contributed by atoms with van der Waals surface area (Å²) in [6, 6.07) is 8.00. The number of hydrogen-bond donors (Lipinski definition) is 3. The molecule has 1 aliphatic carbocycles. The van der Waals surface area contributed by atoms with Crippen molar-refractivity contribution in [3.63, 3.8) is 0 Å². The summed E-state index contributed by atoms with van der Waals surface area (Å²) in [6.07, 6.45) is 3.13. The zero-order valence-electron chi connectivity index (χ0n) is 12.3. The molecule has 0 heterocycles. The number of carboxylic acids is 1. The lowest BCUT2D eigenvalue weighted by molar-refractivity contribution is -0.137. The third kappa shape index (κ3) is 4.48. The standard InChI is InChI=1S/C16H22N2O3/c1-11(9-15(19)20)10-17-16(21)18-14-8-4-6-12-5-2-3-7-13(12)14/h2-3,5,7,11,14H,4,6,8-10H2,1H3,(H,19,20)(H2,17,18,21). The Bertz CT molecular complexity index is 516. The first-order valence-electron chi connectivity index (χ1n) is 7.40. The van der Waals surface area contributed by atoms with Gasteiger partial charge in [-0.3, -0.25) is 4.79 Å². The first kappa shape index (κ1) is 15.4. The molecule has 1 aromatic rings. The van der Waals surface area contributed by atoms with E-state index in [1.54, 1.807) is 0 Å². The summed E-state index contributed by atoms with van der Waals surface area (Å²) < 4.78 is 0. The molecule has 5 heteroatoms. The van der Waals surface area contributed by atoms with Crippen LogP contribution in [0.2, 0.25) is 0 Å². The highest BCUT2D eigenvalue weighted by Crippen LogP contribution is 2.29. The Morgan fingerprint density at radius 2 is 2.14 bits per heavy atom. The van der Waals surface area contributed by atoms with Crippen LogP contribution < -0.4 is 10.6 Å². The summed E-state index contributed by atoms with van der Waals surface area (Å²) in [6.45, 7) is 2.18. The van der Waals surface area contributed by atoms with E-state index in [-0.39, 0.29) is 24.4 Å².